The van der Waals surface area contributed by atoms with Crippen molar-refractivity contribution < 1.29 is 33.7 Å². The van der Waals surface area contributed by atoms with Gasteiger partial charge in [0.25, 0.3) is 0 Å². The van der Waals surface area contributed by atoms with Gasteiger partial charge in [0.2, 0.25) is 0 Å². The molecule has 0 saturated carbocycles. The Morgan fingerprint density at radius 3 is 2.21 bits per heavy atom. The topological polar surface area (TPSA) is 123 Å². The van der Waals surface area contributed by atoms with Crippen molar-refractivity contribution in [3.05, 3.63) is 12.2 Å². The summed E-state index contributed by atoms with van der Waals surface area (Å²) < 4.78 is 14.5. The molecule has 1 unspecified atom stereocenters. The van der Waals surface area contributed by atoms with E-state index in [2.05, 4.69) is 24.1 Å². The largest absolute Gasteiger partial charge is 0.459 e. The fourth-order valence-electron chi connectivity index (χ4n) is 2.48. The number of nitrogens with one attached hydrogen (secondary N) is 2. The molecule has 0 spiro atoms. The fraction of sp³-hybridized carbons (Fsp3) is 0.737. The monoisotopic (exact) mass is 402 g/mol. The molecule has 28 heavy (non-hydrogen) atoms. The van der Waals surface area contributed by atoms with Crippen LogP contribution in [0.5, 0.6) is 0 Å². The number of esters is 1. The quantitative estimate of drug-likeness (QED) is 0.186. The lowest BCUT2D eigenvalue weighted by Crippen LogP contribution is -2.36. The van der Waals surface area contributed by atoms with Gasteiger partial charge in [-0.1, -0.05) is 27.4 Å². The van der Waals surface area contributed by atoms with Gasteiger partial charge in [-0.15, -0.1) is 0 Å². The molecule has 0 saturated heterocycles. The molecular formula is C19H34N2O7. The zero-order chi connectivity index (χ0) is 21.6. The van der Waals surface area contributed by atoms with Crippen LogP contribution in [0.1, 0.15) is 40.5 Å². The first-order valence-corrected chi connectivity index (χ1v) is 9.32. The molecule has 0 aromatic rings. The summed E-state index contributed by atoms with van der Waals surface area (Å²) in [6.07, 6.45) is 0.471. The molecule has 0 aliphatic heterocycles. The average molecular weight is 402 g/mol. The van der Waals surface area contributed by atoms with Crippen LogP contribution in [0.4, 0.5) is 9.59 Å². The van der Waals surface area contributed by atoms with Gasteiger partial charge in [-0.25, -0.2) is 14.4 Å². The average Bonchev–Trinajstić information content (AvgIpc) is 2.61. The van der Waals surface area contributed by atoms with E-state index in [4.69, 9.17) is 19.3 Å². The third kappa shape index (κ3) is 13.9. The van der Waals surface area contributed by atoms with Gasteiger partial charge in [-0.3, -0.25) is 0 Å². The number of aliphatic hydroxyl groups is 1. The molecule has 0 aliphatic rings. The first-order chi connectivity index (χ1) is 13.1. The number of aliphatic hydroxyl groups excluding tert-OH is 1. The van der Waals surface area contributed by atoms with Crippen LogP contribution in [-0.2, 0) is 19.0 Å². The SMILES string of the molecule is C=C(C)C(=O)OCCOC(=O)NCCC(C)CC(C)(C)CNC(=O)OCCO. The predicted molar refractivity (Wildman–Crippen MR) is 104 cm³/mol. The lowest BCUT2D eigenvalue weighted by atomic mass is 9.82. The molecule has 0 radical (unpaired) electrons. The minimum Gasteiger partial charge on any atom is -0.459 e. The van der Waals surface area contributed by atoms with Crippen molar-refractivity contribution in [1.82, 2.24) is 10.6 Å². The van der Waals surface area contributed by atoms with Gasteiger partial charge in [0.15, 0.2) is 0 Å². The summed E-state index contributed by atoms with van der Waals surface area (Å²) in [5.74, 6) is -0.210. The number of amides is 2. The van der Waals surface area contributed by atoms with Gasteiger partial charge in [0, 0.05) is 18.7 Å². The molecule has 162 valence electrons. The maximum Gasteiger partial charge on any atom is 0.407 e. The Kier molecular flexibility index (Phi) is 12.7. The Labute approximate surface area is 166 Å². The van der Waals surface area contributed by atoms with Crippen LogP contribution in [0.25, 0.3) is 0 Å². The van der Waals surface area contributed by atoms with E-state index < -0.39 is 18.2 Å². The van der Waals surface area contributed by atoms with E-state index in [1.807, 2.05) is 13.8 Å². The summed E-state index contributed by atoms with van der Waals surface area (Å²) >= 11 is 0. The van der Waals surface area contributed by atoms with E-state index in [1.54, 1.807) is 0 Å². The number of rotatable bonds is 13. The van der Waals surface area contributed by atoms with Crippen molar-refractivity contribution in [2.45, 2.75) is 40.5 Å². The van der Waals surface area contributed by atoms with Crippen molar-refractivity contribution in [1.29, 1.82) is 0 Å². The number of ether oxygens (including phenoxy) is 3. The summed E-state index contributed by atoms with van der Waals surface area (Å²) in [6, 6.07) is 0. The van der Waals surface area contributed by atoms with Crippen LogP contribution in [0.2, 0.25) is 0 Å². The van der Waals surface area contributed by atoms with E-state index in [0.29, 0.717) is 24.6 Å². The summed E-state index contributed by atoms with van der Waals surface area (Å²) in [5.41, 5.74) is 0.143. The molecule has 0 rings (SSSR count). The highest BCUT2D eigenvalue weighted by molar-refractivity contribution is 5.86. The first-order valence-electron chi connectivity index (χ1n) is 9.32. The van der Waals surface area contributed by atoms with Gasteiger partial charge in [0.1, 0.15) is 19.8 Å². The Morgan fingerprint density at radius 1 is 1.04 bits per heavy atom. The standard InChI is InChI=1S/C19H34N2O7/c1-14(2)16(23)26-10-11-28-17(24)20-7-6-15(3)12-19(4,5)13-21-18(25)27-9-8-22/h15,22H,1,6-13H2,2-5H3,(H,20,24)(H,21,25). The second-order valence-corrected chi connectivity index (χ2v) is 7.45. The highest BCUT2D eigenvalue weighted by Crippen LogP contribution is 2.26. The zero-order valence-corrected chi connectivity index (χ0v) is 17.3. The van der Waals surface area contributed by atoms with Crippen molar-refractivity contribution in [3.8, 4) is 0 Å². The van der Waals surface area contributed by atoms with E-state index in [0.717, 1.165) is 12.8 Å². The van der Waals surface area contributed by atoms with Crippen LogP contribution >= 0.6 is 0 Å². The lowest BCUT2D eigenvalue weighted by Gasteiger charge is -2.28. The number of alkyl carbamates (subject to hydrolysis) is 2. The smallest absolute Gasteiger partial charge is 0.407 e. The molecule has 0 heterocycles. The van der Waals surface area contributed by atoms with Crippen molar-refractivity contribution in [2.75, 3.05) is 39.5 Å². The molecule has 9 heteroatoms. The third-order valence-electron chi connectivity index (χ3n) is 3.74. The number of hydrogen-bond acceptors (Lipinski definition) is 7. The van der Waals surface area contributed by atoms with Crippen LogP contribution < -0.4 is 10.6 Å². The Morgan fingerprint density at radius 2 is 1.61 bits per heavy atom. The maximum atomic E-state index is 11.6. The Bertz CT molecular complexity index is 520. The van der Waals surface area contributed by atoms with E-state index in [1.165, 1.54) is 6.92 Å². The van der Waals surface area contributed by atoms with Gasteiger partial charge in [-0.05, 0) is 31.1 Å². The van der Waals surface area contributed by atoms with Crippen LogP contribution in [0.3, 0.4) is 0 Å². The van der Waals surface area contributed by atoms with E-state index in [-0.39, 0.29) is 31.8 Å². The number of carbonyl (C=O) groups excluding carboxylic acids is 3. The second kappa shape index (κ2) is 13.8. The van der Waals surface area contributed by atoms with Gasteiger partial charge < -0.3 is 30.0 Å². The molecule has 9 nitrogen and oxygen atoms in total. The lowest BCUT2D eigenvalue weighted by molar-refractivity contribution is -0.139. The summed E-state index contributed by atoms with van der Waals surface area (Å²) in [4.78, 5) is 34.2. The Balaban J connectivity index is 3.90. The minimum atomic E-state index is -0.564. The van der Waals surface area contributed by atoms with Gasteiger partial charge >= 0.3 is 18.2 Å². The molecular weight excluding hydrogens is 368 g/mol. The highest BCUT2D eigenvalue weighted by Gasteiger charge is 2.22. The predicted octanol–water partition coefficient (Wildman–Crippen LogP) is 1.99. The second-order valence-electron chi connectivity index (χ2n) is 7.45. The molecule has 0 fully saturated rings. The number of carbonyl (C=O) groups is 3. The summed E-state index contributed by atoms with van der Waals surface area (Å²) in [7, 11) is 0. The molecule has 1 atom stereocenters. The maximum absolute atomic E-state index is 11.6. The fourth-order valence-corrected chi connectivity index (χ4v) is 2.48. The molecule has 0 aromatic carbocycles. The van der Waals surface area contributed by atoms with Crippen LogP contribution in [-0.4, -0.2) is 62.8 Å². The molecule has 0 aromatic heterocycles. The number of hydrogen-bond donors (Lipinski definition) is 3. The van der Waals surface area contributed by atoms with Gasteiger partial charge in [-0.2, -0.15) is 0 Å². The van der Waals surface area contributed by atoms with Crippen molar-refractivity contribution in [2.24, 2.45) is 11.3 Å². The Hall–Kier alpha value is -2.29. The molecule has 0 aliphatic carbocycles. The zero-order valence-electron chi connectivity index (χ0n) is 17.3. The van der Waals surface area contributed by atoms with Crippen LogP contribution in [0.15, 0.2) is 12.2 Å². The molecule has 0 bridgehead atoms. The summed E-state index contributed by atoms with van der Waals surface area (Å²) in [6.45, 7) is 11.7. The third-order valence-corrected chi connectivity index (χ3v) is 3.74. The van der Waals surface area contributed by atoms with Crippen molar-refractivity contribution >= 4 is 18.2 Å². The molecule has 3 N–H and O–H groups in total. The molecule has 2 amide bonds. The summed E-state index contributed by atoms with van der Waals surface area (Å²) in [5, 5.41) is 13.9. The van der Waals surface area contributed by atoms with Crippen LogP contribution in [0, 0.1) is 11.3 Å². The minimum absolute atomic E-state index is 0.0164. The first kappa shape index (κ1) is 25.7. The van der Waals surface area contributed by atoms with Gasteiger partial charge in [0.05, 0.1) is 6.61 Å². The highest BCUT2D eigenvalue weighted by atomic mass is 16.6. The normalized spacial score (nSPS) is 11.9. The van der Waals surface area contributed by atoms with E-state index >= 15 is 0 Å². The van der Waals surface area contributed by atoms with Crippen molar-refractivity contribution in [3.63, 3.8) is 0 Å². The van der Waals surface area contributed by atoms with E-state index in [9.17, 15) is 14.4 Å².